The normalized spacial score (nSPS) is 8.53. The standard InChI is InChI=1S/C11H9NO.2ClH/c13-11-5-3-9(4-6-11)10-2-1-7-12-8-10;;/h1-8,13H;2*1H. The molecule has 1 heterocycles. The van der Waals surface area contributed by atoms with Gasteiger partial charge in [0.15, 0.2) is 0 Å². The third kappa shape index (κ3) is 3.42. The highest BCUT2D eigenvalue weighted by atomic mass is 35.5. The van der Waals surface area contributed by atoms with E-state index in [0.29, 0.717) is 0 Å². The van der Waals surface area contributed by atoms with Gasteiger partial charge in [-0.15, -0.1) is 24.8 Å². The summed E-state index contributed by atoms with van der Waals surface area (Å²) in [4.78, 5) is 4.02. The van der Waals surface area contributed by atoms with Crippen molar-refractivity contribution in [1.29, 1.82) is 0 Å². The van der Waals surface area contributed by atoms with Crippen LogP contribution in [-0.4, -0.2) is 10.1 Å². The van der Waals surface area contributed by atoms with Crippen molar-refractivity contribution >= 4 is 24.8 Å². The lowest BCUT2D eigenvalue weighted by molar-refractivity contribution is 0.475. The van der Waals surface area contributed by atoms with E-state index >= 15 is 0 Å². The van der Waals surface area contributed by atoms with E-state index in [1.807, 2.05) is 24.3 Å². The van der Waals surface area contributed by atoms with Gasteiger partial charge in [-0.25, -0.2) is 0 Å². The van der Waals surface area contributed by atoms with Gasteiger partial charge in [-0.2, -0.15) is 0 Å². The molecule has 0 saturated heterocycles. The lowest BCUT2D eigenvalue weighted by atomic mass is 10.1. The molecule has 0 aliphatic heterocycles. The molecule has 1 N–H and O–H groups in total. The quantitative estimate of drug-likeness (QED) is 0.834. The third-order valence-corrected chi connectivity index (χ3v) is 1.86. The van der Waals surface area contributed by atoms with Crippen LogP contribution in [0, 0.1) is 0 Å². The van der Waals surface area contributed by atoms with Crippen molar-refractivity contribution in [3.05, 3.63) is 48.8 Å². The smallest absolute Gasteiger partial charge is 0.115 e. The maximum Gasteiger partial charge on any atom is 0.115 e. The highest BCUT2D eigenvalue weighted by Crippen LogP contribution is 2.20. The average molecular weight is 244 g/mol. The molecular formula is C11H11Cl2NO. The first-order valence-electron chi connectivity index (χ1n) is 4.06. The first-order chi connectivity index (χ1) is 6.36. The molecule has 0 radical (unpaired) electrons. The second-order valence-corrected chi connectivity index (χ2v) is 2.79. The summed E-state index contributed by atoms with van der Waals surface area (Å²) >= 11 is 0. The zero-order chi connectivity index (χ0) is 9.10. The minimum Gasteiger partial charge on any atom is -0.508 e. The molecule has 0 fully saturated rings. The van der Waals surface area contributed by atoms with Crippen LogP contribution in [0.15, 0.2) is 48.8 Å². The zero-order valence-corrected chi connectivity index (χ0v) is 9.46. The molecule has 0 unspecified atom stereocenters. The van der Waals surface area contributed by atoms with E-state index in [1.54, 1.807) is 24.5 Å². The predicted octanol–water partition coefficient (Wildman–Crippen LogP) is 3.30. The van der Waals surface area contributed by atoms with Gasteiger partial charge in [-0.05, 0) is 29.3 Å². The Hall–Kier alpha value is -1.25. The number of pyridine rings is 1. The zero-order valence-electron chi connectivity index (χ0n) is 7.83. The highest BCUT2D eigenvalue weighted by molar-refractivity contribution is 5.85. The Bertz CT molecular complexity index is 389. The number of aromatic nitrogens is 1. The molecule has 0 bridgehead atoms. The summed E-state index contributed by atoms with van der Waals surface area (Å²) < 4.78 is 0. The Labute approximate surface area is 101 Å². The van der Waals surface area contributed by atoms with Crippen LogP contribution in [0.5, 0.6) is 5.75 Å². The lowest BCUT2D eigenvalue weighted by Gasteiger charge is -1.99. The fourth-order valence-corrected chi connectivity index (χ4v) is 1.19. The van der Waals surface area contributed by atoms with Crippen LogP contribution in [-0.2, 0) is 0 Å². The van der Waals surface area contributed by atoms with Gasteiger partial charge < -0.3 is 5.11 Å². The molecule has 15 heavy (non-hydrogen) atoms. The summed E-state index contributed by atoms with van der Waals surface area (Å²) in [6, 6.07) is 10.9. The predicted molar refractivity (Wildman–Crippen MR) is 65.8 cm³/mol. The Morgan fingerprint density at radius 1 is 0.867 bits per heavy atom. The van der Waals surface area contributed by atoms with Crippen molar-refractivity contribution in [1.82, 2.24) is 4.98 Å². The molecule has 4 heteroatoms. The van der Waals surface area contributed by atoms with Gasteiger partial charge in [0.25, 0.3) is 0 Å². The number of nitrogens with zero attached hydrogens (tertiary/aromatic N) is 1. The molecule has 2 nitrogen and oxygen atoms in total. The third-order valence-electron chi connectivity index (χ3n) is 1.86. The van der Waals surface area contributed by atoms with Crippen LogP contribution in [0.25, 0.3) is 11.1 Å². The molecule has 1 aromatic heterocycles. The van der Waals surface area contributed by atoms with Gasteiger partial charge in [0.05, 0.1) is 0 Å². The summed E-state index contributed by atoms with van der Waals surface area (Å²) in [5.74, 6) is 0.285. The van der Waals surface area contributed by atoms with Gasteiger partial charge in [0, 0.05) is 12.4 Å². The minimum absolute atomic E-state index is 0. The number of rotatable bonds is 1. The number of phenolic OH excluding ortho intramolecular Hbond substituents is 1. The number of aromatic hydroxyl groups is 1. The Balaban J connectivity index is 0.000000980. The van der Waals surface area contributed by atoms with Gasteiger partial charge in [-0.1, -0.05) is 18.2 Å². The summed E-state index contributed by atoms with van der Waals surface area (Å²) in [5, 5.41) is 9.09. The molecule has 0 spiro atoms. The summed E-state index contributed by atoms with van der Waals surface area (Å²) in [6.45, 7) is 0. The first-order valence-corrected chi connectivity index (χ1v) is 4.06. The van der Waals surface area contributed by atoms with Crippen molar-refractivity contribution in [2.24, 2.45) is 0 Å². The van der Waals surface area contributed by atoms with E-state index < -0.39 is 0 Å². The fraction of sp³-hybridized carbons (Fsp3) is 0. The van der Waals surface area contributed by atoms with Gasteiger partial charge in [-0.3, -0.25) is 4.98 Å². The highest BCUT2D eigenvalue weighted by Gasteiger charge is 1.95. The van der Waals surface area contributed by atoms with E-state index in [-0.39, 0.29) is 30.6 Å². The van der Waals surface area contributed by atoms with Gasteiger partial charge in [0.1, 0.15) is 5.75 Å². The van der Waals surface area contributed by atoms with Crippen molar-refractivity contribution in [3.8, 4) is 16.9 Å². The molecule has 1 aromatic carbocycles. The molecule has 0 saturated carbocycles. The van der Waals surface area contributed by atoms with Gasteiger partial charge in [0.2, 0.25) is 0 Å². The maximum absolute atomic E-state index is 9.09. The summed E-state index contributed by atoms with van der Waals surface area (Å²) in [5.41, 5.74) is 2.12. The molecule has 0 aliphatic carbocycles. The topological polar surface area (TPSA) is 33.1 Å². The number of phenols is 1. The van der Waals surface area contributed by atoms with Crippen LogP contribution in [0.2, 0.25) is 0 Å². The Morgan fingerprint density at radius 2 is 1.53 bits per heavy atom. The molecule has 0 amide bonds. The SMILES string of the molecule is Cl.Cl.Oc1ccc(-c2cccnc2)cc1. The number of hydrogen-bond acceptors (Lipinski definition) is 2. The van der Waals surface area contributed by atoms with Crippen LogP contribution in [0.4, 0.5) is 0 Å². The molecular weight excluding hydrogens is 233 g/mol. The van der Waals surface area contributed by atoms with E-state index in [0.717, 1.165) is 11.1 Å². The van der Waals surface area contributed by atoms with Crippen LogP contribution >= 0.6 is 24.8 Å². The second kappa shape index (κ2) is 6.27. The number of benzene rings is 1. The van der Waals surface area contributed by atoms with Crippen molar-refractivity contribution in [2.75, 3.05) is 0 Å². The minimum atomic E-state index is 0. The maximum atomic E-state index is 9.09. The van der Waals surface area contributed by atoms with Crippen LogP contribution in [0.1, 0.15) is 0 Å². The molecule has 80 valence electrons. The monoisotopic (exact) mass is 243 g/mol. The van der Waals surface area contributed by atoms with E-state index in [4.69, 9.17) is 5.11 Å². The Morgan fingerprint density at radius 3 is 2.07 bits per heavy atom. The van der Waals surface area contributed by atoms with Gasteiger partial charge >= 0.3 is 0 Å². The van der Waals surface area contributed by atoms with Crippen molar-refractivity contribution in [3.63, 3.8) is 0 Å². The number of halogens is 2. The van der Waals surface area contributed by atoms with E-state index in [2.05, 4.69) is 4.98 Å². The van der Waals surface area contributed by atoms with E-state index in [1.165, 1.54) is 0 Å². The van der Waals surface area contributed by atoms with Crippen molar-refractivity contribution in [2.45, 2.75) is 0 Å². The largest absolute Gasteiger partial charge is 0.508 e. The first kappa shape index (κ1) is 13.8. The number of hydrogen-bond donors (Lipinski definition) is 1. The molecule has 0 aliphatic rings. The lowest BCUT2D eigenvalue weighted by Crippen LogP contribution is -1.77. The van der Waals surface area contributed by atoms with Crippen LogP contribution < -0.4 is 0 Å². The fourth-order valence-electron chi connectivity index (χ4n) is 1.19. The summed E-state index contributed by atoms with van der Waals surface area (Å²) in [7, 11) is 0. The van der Waals surface area contributed by atoms with E-state index in [9.17, 15) is 0 Å². The molecule has 2 rings (SSSR count). The molecule has 2 aromatic rings. The molecule has 0 atom stereocenters. The second-order valence-electron chi connectivity index (χ2n) is 2.79. The average Bonchev–Trinajstić information content (AvgIpc) is 2.20. The Kier molecular flexibility index (Phi) is 5.75. The van der Waals surface area contributed by atoms with Crippen molar-refractivity contribution < 1.29 is 5.11 Å². The summed E-state index contributed by atoms with van der Waals surface area (Å²) in [6.07, 6.45) is 3.54. The van der Waals surface area contributed by atoms with Crippen LogP contribution in [0.3, 0.4) is 0 Å².